The van der Waals surface area contributed by atoms with Crippen molar-refractivity contribution in [2.75, 3.05) is 6.67 Å². The van der Waals surface area contributed by atoms with E-state index >= 15 is 0 Å². The van der Waals surface area contributed by atoms with Gasteiger partial charge in [0.05, 0.1) is 10.5 Å². The zero-order chi connectivity index (χ0) is 7.84. The molecule has 0 unspecified atom stereocenters. The summed E-state index contributed by atoms with van der Waals surface area (Å²) in [5.74, 6) is 0. The van der Waals surface area contributed by atoms with Gasteiger partial charge in [0.15, 0.2) is 0 Å². The van der Waals surface area contributed by atoms with Crippen LogP contribution >= 0.6 is 11.3 Å². The Morgan fingerprint density at radius 1 is 1.73 bits per heavy atom. The van der Waals surface area contributed by atoms with Crippen LogP contribution in [0.25, 0.3) is 0 Å². The summed E-state index contributed by atoms with van der Waals surface area (Å²) in [5.41, 5.74) is 1.74. The van der Waals surface area contributed by atoms with Gasteiger partial charge < -0.3 is 0 Å². The summed E-state index contributed by atoms with van der Waals surface area (Å²) in [6.45, 7) is 2.18. The molecule has 0 fully saturated rings. The van der Waals surface area contributed by atoms with E-state index in [4.69, 9.17) is 0 Å². The van der Waals surface area contributed by atoms with Crippen molar-refractivity contribution in [2.45, 2.75) is 6.92 Å². The average Bonchev–Trinajstić information content (AvgIpc) is 2.45. The molecule has 1 aromatic heterocycles. The minimum absolute atomic E-state index is 0.246. The van der Waals surface area contributed by atoms with Gasteiger partial charge in [-0.25, -0.2) is 4.99 Å². The van der Waals surface area contributed by atoms with Gasteiger partial charge >= 0.3 is 0 Å². The summed E-state index contributed by atoms with van der Waals surface area (Å²) in [4.78, 5) is 16.2. The molecule has 2 heterocycles. The van der Waals surface area contributed by atoms with Crippen LogP contribution in [0.4, 0.5) is 5.69 Å². The van der Waals surface area contributed by atoms with Crippen LogP contribution in [0.15, 0.2) is 16.4 Å². The molecule has 56 valence electrons. The normalized spacial score (nSPS) is 16.1. The third kappa shape index (κ3) is 0.903. The lowest BCUT2D eigenvalue weighted by atomic mass is 10.2. The lowest BCUT2D eigenvalue weighted by Crippen LogP contribution is -2.11. The summed E-state index contributed by atoms with van der Waals surface area (Å²) in [6, 6.07) is 1.84. The lowest BCUT2D eigenvalue weighted by Gasteiger charge is -1.99. The van der Waals surface area contributed by atoms with E-state index in [-0.39, 0.29) is 6.67 Å². The summed E-state index contributed by atoms with van der Waals surface area (Å²) in [5, 5.41) is 1.92. The van der Waals surface area contributed by atoms with Gasteiger partial charge in [-0.2, -0.15) is 0 Å². The molecule has 11 heavy (non-hydrogen) atoms. The second-order valence-corrected chi connectivity index (χ2v) is 3.31. The first-order chi connectivity index (χ1) is 5.29. The lowest BCUT2D eigenvalue weighted by molar-refractivity contribution is -0.462. The van der Waals surface area contributed by atoms with Crippen molar-refractivity contribution in [3.8, 4) is 0 Å². The Morgan fingerprint density at radius 3 is 3.27 bits per heavy atom. The Morgan fingerprint density at radius 2 is 2.55 bits per heavy atom. The first-order valence-electron chi connectivity index (χ1n) is 3.32. The largest absolute Gasteiger partial charge is 0.290 e. The average molecular weight is 167 g/mol. The van der Waals surface area contributed by atoms with Crippen LogP contribution < -0.4 is 0 Å². The zero-order valence-electron chi connectivity index (χ0n) is 6.07. The molecular formula is C7H7N2OS+. The second kappa shape index (κ2) is 2.23. The van der Waals surface area contributed by atoms with E-state index in [0.717, 1.165) is 21.0 Å². The van der Waals surface area contributed by atoms with E-state index in [2.05, 4.69) is 4.99 Å². The number of rotatable bonds is 0. The van der Waals surface area contributed by atoms with Crippen molar-refractivity contribution in [3.05, 3.63) is 21.2 Å². The van der Waals surface area contributed by atoms with Gasteiger partial charge in [0, 0.05) is 11.0 Å². The van der Waals surface area contributed by atoms with E-state index in [1.165, 1.54) is 0 Å². The SMILES string of the molecule is CC1=NC[N+](=O)c2ccsc21. The quantitative estimate of drug-likeness (QED) is 0.543. The van der Waals surface area contributed by atoms with Gasteiger partial charge in [0.2, 0.25) is 0 Å². The summed E-state index contributed by atoms with van der Waals surface area (Å²) < 4.78 is 0.916. The number of aliphatic imine (C=N–C) groups is 1. The fourth-order valence-corrected chi connectivity index (χ4v) is 1.95. The number of nitroso groups, excluding NO2 is 1. The van der Waals surface area contributed by atoms with E-state index in [0.29, 0.717) is 0 Å². The Labute approximate surface area is 68.0 Å². The highest BCUT2D eigenvalue weighted by molar-refractivity contribution is 7.12. The fourth-order valence-electron chi connectivity index (χ4n) is 1.09. The van der Waals surface area contributed by atoms with Crippen LogP contribution in [-0.2, 0) is 0 Å². The zero-order valence-corrected chi connectivity index (χ0v) is 6.89. The van der Waals surface area contributed by atoms with Gasteiger partial charge in [-0.15, -0.1) is 11.3 Å². The number of hydrogen-bond acceptors (Lipinski definition) is 3. The molecule has 0 aromatic carbocycles. The van der Waals surface area contributed by atoms with E-state index < -0.39 is 0 Å². The Balaban J connectivity index is 2.63. The molecule has 0 aliphatic carbocycles. The molecule has 4 heteroatoms. The molecule has 0 saturated carbocycles. The van der Waals surface area contributed by atoms with Gasteiger partial charge in [-0.05, 0) is 12.3 Å². The Hall–Kier alpha value is -1.03. The summed E-state index contributed by atoms with van der Waals surface area (Å²) >= 11 is 1.56. The van der Waals surface area contributed by atoms with E-state index in [1.807, 2.05) is 18.4 Å². The Bertz CT molecular complexity index is 340. The first-order valence-corrected chi connectivity index (χ1v) is 4.20. The highest BCUT2D eigenvalue weighted by atomic mass is 32.1. The molecule has 0 radical (unpaired) electrons. The minimum atomic E-state index is 0.246. The number of fused-ring (bicyclic) bond motifs is 1. The van der Waals surface area contributed by atoms with Crippen LogP contribution in [0, 0.1) is 4.91 Å². The molecule has 3 nitrogen and oxygen atoms in total. The molecular weight excluding hydrogens is 160 g/mol. The van der Waals surface area contributed by atoms with Crippen molar-refractivity contribution in [1.82, 2.24) is 0 Å². The highest BCUT2D eigenvalue weighted by Gasteiger charge is 2.25. The van der Waals surface area contributed by atoms with Crippen molar-refractivity contribution in [3.63, 3.8) is 0 Å². The van der Waals surface area contributed by atoms with Gasteiger partial charge in [-0.3, -0.25) is 0 Å². The van der Waals surface area contributed by atoms with Crippen LogP contribution in [0.3, 0.4) is 0 Å². The number of hydrogen-bond donors (Lipinski definition) is 0. The maximum atomic E-state index is 11.1. The van der Waals surface area contributed by atoms with Gasteiger partial charge in [0.1, 0.15) is 4.88 Å². The molecule has 0 atom stereocenters. The highest BCUT2D eigenvalue weighted by Crippen LogP contribution is 2.27. The fraction of sp³-hybridized carbons (Fsp3) is 0.286. The third-order valence-corrected chi connectivity index (χ3v) is 2.69. The third-order valence-electron chi connectivity index (χ3n) is 1.68. The second-order valence-electron chi connectivity index (χ2n) is 2.40. The molecule has 1 aliphatic heterocycles. The van der Waals surface area contributed by atoms with Crippen molar-refractivity contribution >= 4 is 22.7 Å². The number of thiophene rings is 1. The summed E-state index contributed by atoms with van der Waals surface area (Å²) in [6.07, 6.45) is 0. The molecule has 0 saturated heterocycles. The standard InChI is InChI=1S/C7H7N2OS/c1-5-7-6(2-3-11-7)9(10)4-8-5/h2-3H,4H2,1H3/q+1. The van der Waals surface area contributed by atoms with Crippen molar-refractivity contribution in [1.29, 1.82) is 0 Å². The van der Waals surface area contributed by atoms with E-state index in [1.54, 1.807) is 11.3 Å². The molecule has 0 bridgehead atoms. The first kappa shape index (κ1) is 6.67. The van der Waals surface area contributed by atoms with Crippen molar-refractivity contribution in [2.24, 2.45) is 4.99 Å². The molecule has 1 aromatic rings. The van der Waals surface area contributed by atoms with Gasteiger partial charge in [0.25, 0.3) is 12.4 Å². The van der Waals surface area contributed by atoms with Crippen LogP contribution in [-0.4, -0.2) is 17.1 Å². The van der Waals surface area contributed by atoms with Crippen LogP contribution in [0.5, 0.6) is 0 Å². The van der Waals surface area contributed by atoms with Gasteiger partial charge in [-0.1, -0.05) is 0 Å². The predicted molar refractivity (Wildman–Crippen MR) is 44.7 cm³/mol. The minimum Gasteiger partial charge on any atom is -0.219 e. The molecule has 0 amide bonds. The maximum Gasteiger partial charge on any atom is 0.290 e. The molecule has 1 aliphatic rings. The predicted octanol–water partition coefficient (Wildman–Crippen LogP) is 1.94. The monoisotopic (exact) mass is 167 g/mol. The summed E-state index contributed by atoms with van der Waals surface area (Å²) in [7, 11) is 0. The van der Waals surface area contributed by atoms with Crippen LogP contribution in [0.1, 0.15) is 11.8 Å². The van der Waals surface area contributed by atoms with Crippen LogP contribution in [0.2, 0.25) is 0 Å². The smallest absolute Gasteiger partial charge is 0.219 e. The van der Waals surface area contributed by atoms with E-state index in [9.17, 15) is 4.91 Å². The molecule has 0 spiro atoms. The number of nitrogens with zero attached hydrogens (tertiary/aromatic N) is 2. The Kier molecular flexibility index (Phi) is 1.35. The molecule has 2 rings (SSSR count). The molecule has 0 N–H and O–H groups in total. The van der Waals surface area contributed by atoms with Crippen molar-refractivity contribution < 1.29 is 4.76 Å². The maximum absolute atomic E-state index is 11.1. The topological polar surface area (TPSA) is 32.4 Å².